The third kappa shape index (κ3) is 3.20. The first-order chi connectivity index (χ1) is 10.6. The van der Waals surface area contributed by atoms with Gasteiger partial charge in [-0.25, -0.2) is 0 Å². The molecule has 1 saturated heterocycles. The van der Waals surface area contributed by atoms with E-state index in [1.807, 2.05) is 49.2 Å². The molecule has 1 fully saturated rings. The molecule has 2 aromatic heterocycles. The number of aryl methyl sites for hydroxylation is 2. The summed E-state index contributed by atoms with van der Waals surface area (Å²) in [6.45, 7) is 7.79. The van der Waals surface area contributed by atoms with Gasteiger partial charge in [0.15, 0.2) is 0 Å². The van der Waals surface area contributed by atoms with Crippen molar-refractivity contribution in [3.8, 4) is 0 Å². The minimum absolute atomic E-state index is 0.0758. The molecule has 0 saturated carbocycles. The minimum Gasteiger partial charge on any atom is -0.466 e. The summed E-state index contributed by atoms with van der Waals surface area (Å²) in [5, 5.41) is 0. The molecule has 0 atom stereocenters. The van der Waals surface area contributed by atoms with Gasteiger partial charge in [-0.05, 0) is 32.0 Å². The van der Waals surface area contributed by atoms with Crippen LogP contribution in [0.5, 0.6) is 0 Å². The standard InChI is InChI=1S/C17H21N3O2/c1-13-11-16(14(2)22-13)17(21)20-9-7-19(8-10-20)12-15-5-3-4-6-18-15/h3-6,11H,7-10,12H2,1-2H3. The van der Waals surface area contributed by atoms with Gasteiger partial charge in [-0.15, -0.1) is 0 Å². The number of rotatable bonds is 3. The Morgan fingerprint density at radius 1 is 1.23 bits per heavy atom. The van der Waals surface area contributed by atoms with Crippen LogP contribution < -0.4 is 0 Å². The molecule has 0 radical (unpaired) electrons. The van der Waals surface area contributed by atoms with Crippen molar-refractivity contribution in [2.45, 2.75) is 20.4 Å². The van der Waals surface area contributed by atoms with Crippen LogP contribution in [0.15, 0.2) is 34.9 Å². The first-order valence-electron chi connectivity index (χ1n) is 7.62. The van der Waals surface area contributed by atoms with E-state index in [4.69, 9.17) is 4.42 Å². The van der Waals surface area contributed by atoms with Crippen molar-refractivity contribution in [1.82, 2.24) is 14.8 Å². The molecule has 1 aliphatic rings. The maximum absolute atomic E-state index is 12.5. The third-order valence-electron chi connectivity index (χ3n) is 4.04. The molecule has 1 aliphatic heterocycles. The summed E-state index contributed by atoms with van der Waals surface area (Å²) in [6.07, 6.45) is 1.82. The first-order valence-corrected chi connectivity index (χ1v) is 7.62. The highest BCUT2D eigenvalue weighted by Gasteiger charge is 2.24. The van der Waals surface area contributed by atoms with E-state index in [1.165, 1.54) is 0 Å². The number of piperazine rings is 1. The van der Waals surface area contributed by atoms with Gasteiger partial charge >= 0.3 is 0 Å². The summed E-state index contributed by atoms with van der Waals surface area (Å²) >= 11 is 0. The minimum atomic E-state index is 0.0758. The second kappa shape index (κ2) is 6.32. The van der Waals surface area contributed by atoms with E-state index < -0.39 is 0 Å². The largest absolute Gasteiger partial charge is 0.466 e. The molecule has 3 rings (SSSR count). The summed E-state index contributed by atoms with van der Waals surface area (Å²) in [6, 6.07) is 7.80. The number of hydrogen-bond donors (Lipinski definition) is 0. The molecule has 0 N–H and O–H groups in total. The van der Waals surface area contributed by atoms with Crippen molar-refractivity contribution in [2.75, 3.05) is 26.2 Å². The molecule has 0 aliphatic carbocycles. The van der Waals surface area contributed by atoms with Gasteiger partial charge in [-0.1, -0.05) is 6.07 Å². The van der Waals surface area contributed by atoms with Crippen LogP contribution in [0, 0.1) is 13.8 Å². The van der Waals surface area contributed by atoms with Gasteiger partial charge in [-0.2, -0.15) is 0 Å². The lowest BCUT2D eigenvalue weighted by Crippen LogP contribution is -2.48. The molecule has 0 aromatic carbocycles. The predicted molar refractivity (Wildman–Crippen MR) is 83.6 cm³/mol. The number of carbonyl (C=O) groups is 1. The lowest BCUT2D eigenvalue weighted by Gasteiger charge is -2.34. The van der Waals surface area contributed by atoms with Crippen LogP contribution in [-0.2, 0) is 6.54 Å². The van der Waals surface area contributed by atoms with Gasteiger partial charge in [-0.3, -0.25) is 14.7 Å². The normalized spacial score (nSPS) is 16.0. The highest BCUT2D eigenvalue weighted by molar-refractivity contribution is 5.95. The zero-order chi connectivity index (χ0) is 15.5. The van der Waals surface area contributed by atoms with Crippen LogP contribution >= 0.6 is 0 Å². The lowest BCUT2D eigenvalue weighted by atomic mass is 10.2. The van der Waals surface area contributed by atoms with E-state index in [0.29, 0.717) is 11.3 Å². The van der Waals surface area contributed by atoms with Crippen LogP contribution in [0.4, 0.5) is 0 Å². The van der Waals surface area contributed by atoms with Crippen molar-refractivity contribution < 1.29 is 9.21 Å². The number of aromatic nitrogens is 1. The number of carbonyl (C=O) groups excluding carboxylic acids is 1. The molecule has 116 valence electrons. The predicted octanol–water partition coefficient (Wildman–Crippen LogP) is 2.25. The molecule has 0 spiro atoms. The zero-order valence-electron chi connectivity index (χ0n) is 13.1. The molecule has 0 unspecified atom stereocenters. The maximum Gasteiger partial charge on any atom is 0.257 e. The molecular formula is C17H21N3O2. The van der Waals surface area contributed by atoms with Crippen LogP contribution in [-0.4, -0.2) is 46.9 Å². The number of hydrogen-bond acceptors (Lipinski definition) is 4. The van der Waals surface area contributed by atoms with Gasteiger partial charge in [0.2, 0.25) is 0 Å². The lowest BCUT2D eigenvalue weighted by molar-refractivity contribution is 0.0625. The van der Waals surface area contributed by atoms with Crippen molar-refractivity contribution in [3.63, 3.8) is 0 Å². The molecule has 1 amide bonds. The van der Waals surface area contributed by atoms with E-state index in [1.54, 1.807) is 0 Å². The van der Waals surface area contributed by atoms with Crippen molar-refractivity contribution in [3.05, 3.63) is 53.2 Å². The fourth-order valence-corrected chi connectivity index (χ4v) is 2.84. The van der Waals surface area contributed by atoms with E-state index in [9.17, 15) is 4.79 Å². The molecule has 5 heteroatoms. The Balaban J connectivity index is 1.57. The van der Waals surface area contributed by atoms with Crippen molar-refractivity contribution in [2.24, 2.45) is 0 Å². The number of amides is 1. The molecular weight excluding hydrogens is 278 g/mol. The fourth-order valence-electron chi connectivity index (χ4n) is 2.84. The SMILES string of the molecule is Cc1cc(C(=O)N2CCN(Cc3ccccn3)CC2)c(C)o1. The molecule has 0 bridgehead atoms. The van der Waals surface area contributed by atoms with Crippen molar-refractivity contribution in [1.29, 1.82) is 0 Å². The monoisotopic (exact) mass is 299 g/mol. The Morgan fingerprint density at radius 2 is 2.00 bits per heavy atom. The van der Waals surface area contributed by atoms with Crippen LogP contribution in [0.25, 0.3) is 0 Å². The Bertz CT molecular complexity index is 643. The summed E-state index contributed by atoms with van der Waals surface area (Å²) in [5.41, 5.74) is 1.76. The summed E-state index contributed by atoms with van der Waals surface area (Å²) < 4.78 is 5.46. The van der Waals surface area contributed by atoms with E-state index in [0.717, 1.165) is 44.2 Å². The summed E-state index contributed by atoms with van der Waals surface area (Å²) in [5.74, 6) is 1.57. The topological polar surface area (TPSA) is 49.6 Å². The van der Waals surface area contributed by atoms with Gasteiger partial charge in [0.1, 0.15) is 11.5 Å². The maximum atomic E-state index is 12.5. The van der Waals surface area contributed by atoms with E-state index >= 15 is 0 Å². The average Bonchev–Trinajstić information content (AvgIpc) is 2.87. The number of furan rings is 1. The number of pyridine rings is 1. The van der Waals surface area contributed by atoms with Crippen LogP contribution in [0.2, 0.25) is 0 Å². The molecule has 5 nitrogen and oxygen atoms in total. The van der Waals surface area contributed by atoms with Gasteiger partial charge < -0.3 is 9.32 Å². The molecule has 3 heterocycles. The van der Waals surface area contributed by atoms with E-state index in [2.05, 4.69) is 9.88 Å². The van der Waals surface area contributed by atoms with Gasteiger partial charge in [0.05, 0.1) is 11.3 Å². The quantitative estimate of drug-likeness (QED) is 0.872. The summed E-state index contributed by atoms with van der Waals surface area (Å²) in [7, 11) is 0. The van der Waals surface area contributed by atoms with Crippen molar-refractivity contribution >= 4 is 5.91 Å². The Kier molecular flexibility index (Phi) is 4.24. The molecule has 22 heavy (non-hydrogen) atoms. The van der Waals surface area contributed by atoms with E-state index in [-0.39, 0.29) is 5.91 Å². The van der Waals surface area contributed by atoms with Crippen LogP contribution in [0.1, 0.15) is 27.6 Å². The first kappa shape index (κ1) is 14.8. The van der Waals surface area contributed by atoms with Gasteiger partial charge in [0, 0.05) is 38.9 Å². The average molecular weight is 299 g/mol. The smallest absolute Gasteiger partial charge is 0.257 e. The highest BCUT2D eigenvalue weighted by atomic mass is 16.3. The second-order valence-electron chi connectivity index (χ2n) is 5.72. The fraction of sp³-hybridized carbons (Fsp3) is 0.412. The van der Waals surface area contributed by atoms with Crippen LogP contribution in [0.3, 0.4) is 0 Å². The summed E-state index contributed by atoms with van der Waals surface area (Å²) in [4.78, 5) is 21.1. The second-order valence-corrected chi connectivity index (χ2v) is 5.72. The zero-order valence-corrected chi connectivity index (χ0v) is 13.1. The Labute approximate surface area is 130 Å². The Hall–Kier alpha value is -2.14. The third-order valence-corrected chi connectivity index (χ3v) is 4.04. The highest BCUT2D eigenvalue weighted by Crippen LogP contribution is 2.17. The Morgan fingerprint density at radius 3 is 2.59 bits per heavy atom. The number of nitrogens with zero attached hydrogens (tertiary/aromatic N) is 3. The molecule has 2 aromatic rings. The van der Waals surface area contributed by atoms with Gasteiger partial charge in [0.25, 0.3) is 5.91 Å².